The molecule has 0 saturated carbocycles. The van der Waals surface area contributed by atoms with Crippen LogP contribution in [0.3, 0.4) is 0 Å². The fraction of sp³-hybridized carbons (Fsp3) is 0.412. The molecule has 0 fully saturated rings. The first-order chi connectivity index (χ1) is 9.63. The van der Waals surface area contributed by atoms with Gasteiger partial charge >= 0.3 is 5.97 Å². The van der Waals surface area contributed by atoms with Gasteiger partial charge in [0.05, 0.1) is 7.11 Å². The summed E-state index contributed by atoms with van der Waals surface area (Å²) in [4.78, 5) is 22.0. The molecule has 0 heterocycles. The summed E-state index contributed by atoms with van der Waals surface area (Å²) in [5.41, 5.74) is 2.33. The van der Waals surface area contributed by atoms with Crippen LogP contribution in [0.1, 0.15) is 43.7 Å². The minimum Gasteiger partial charge on any atom is -0.469 e. The van der Waals surface area contributed by atoms with E-state index in [1.165, 1.54) is 12.7 Å². The third-order valence-electron chi connectivity index (χ3n) is 3.11. The fourth-order valence-corrected chi connectivity index (χ4v) is 2.00. The predicted molar refractivity (Wildman–Crippen MR) is 80.3 cm³/mol. The lowest BCUT2D eigenvalue weighted by molar-refractivity contribution is -0.140. The molecule has 3 heteroatoms. The highest BCUT2D eigenvalue weighted by atomic mass is 16.5. The van der Waals surface area contributed by atoms with Crippen molar-refractivity contribution in [1.29, 1.82) is 0 Å². The Kier molecular flexibility index (Phi) is 7.33. The van der Waals surface area contributed by atoms with Crippen molar-refractivity contribution in [2.24, 2.45) is 0 Å². The van der Waals surface area contributed by atoms with Crippen LogP contribution >= 0.6 is 0 Å². The van der Waals surface area contributed by atoms with Gasteiger partial charge in [-0.2, -0.15) is 0 Å². The van der Waals surface area contributed by atoms with Crippen molar-refractivity contribution in [1.82, 2.24) is 0 Å². The van der Waals surface area contributed by atoms with Crippen molar-refractivity contribution in [2.75, 3.05) is 7.11 Å². The van der Waals surface area contributed by atoms with Crippen molar-refractivity contribution in [3.05, 3.63) is 41.5 Å². The maximum atomic E-state index is 11.0. The van der Waals surface area contributed by atoms with Gasteiger partial charge in [0.2, 0.25) is 0 Å². The number of esters is 1. The maximum Gasteiger partial charge on any atom is 0.305 e. The number of carbonyl (C=O) groups excluding carboxylic acids is 2. The van der Waals surface area contributed by atoms with Crippen molar-refractivity contribution >= 4 is 17.8 Å². The lowest BCUT2D eigenvalue weighted by atomic mass is 10.0. The molecule has 20 heavy (non-hydrogen) atoms. The maximum absolute atomic E-state index is 11.0. The fourth-order valence-electron chi connectivity index (χ4n) is 2.00. The van der Waals surface area contributed by atoms with Crippen LogP contribution < -0.4 is 0 Å². The number of aryl methyl sites for hydroxylation is 1. The van der Waals surface area contributed by atoms with Crippen molar-refractivity contribution in [3.8, 4) is 0 Å². The molecule has 0 aliphatic heterocycles. The highest BCUT2D eigenvalue weighted by Gasteiger charge is 2.02. The third-order valence-corrected chi connectivity index (χ3v) is 3.11. The molecular formula is C17H22O3. The molecule has 0 atom stereocenters. The van der Waals surface area contributed by atoms with Crippen molar-refractivity contribution < 1.29 is 14.3 Å². The Hall–Kier alpha value is -1.90. The molecule has 0 saturated heterocycles. The Labute approximate surface area is 120 Å². The number of benzene rings is 1. The summed E-state index contributed by atoms with van der Waals surface area (Å²) < 4.78 is 4.61. The average molecular weight is 274 g/mol. The van der Waals surface area contributed by atoms with Gasteiger partial charge in [-0.3, -0.25) is 9.59 Å². The van der Waals surface area contributed by atoms with Crippen LogP contribution in [0, 0.1) is 0 Å². The van der Waals surface area contributed by atoms with E-state index in [0.29, 0.717) is 6.42 Å². The molecule has 1 aromatic carbocycles. The van der Waals surface area contributed by atoms with Crippen molar-refractivity contribution in [2.45, 2.75) is 39.0 Å². The number of hydrogen-bond donors (Lipinski definition) is 0. The van der Waals surface area contributed by atoms with E-state index in [9.17, 15) is 9.59 Å². The third kappa shape index (κ3) is 6.32. The van der Waals surface area contributed by atoms with E-state index in [1.54, 1.807) is 13.0 Å². The number of ketones is 1. The molecule has 1 aromatic rings. The van der Waals surface area contributed by atoms with Crippen LogP contribution in [0.25, 0.3) is 6.08 Å². The van der Waals surface area contributed by atoms with Gasteiger partial charge in [0.1, 0.15) is 0 Å². The van der Waals surface area contributed by atoms with Crippen molar-refractivity contribution in [3.63, 3.8) is 0 Å². The molecule has 0 radical (unpaired) electrons. The van der Waals surface area contributed by atoms with E-state index >= 15 is 0 Å². The van der Waals surface area contributed by atoms with E-state index in [0.717, 1.165) is 31.2 Å². The van der Waals surface area contributed by atoms with Gasteiger partial charge in [0, 0.05) is 6.42 Å². The van der Waals surface area contributed by atoms with Gasteiger partial charge in [0.15, 0.2) is 5.78 Å². The van der Waals surface area contributed by atoms with Gasteiger partial charge < -0.3 is 4.74 Å². The first kappa shape index (κ1) is 16.2. The molecule has 108 valence electrons. The minimum atomic E-state index is -0.144. The Morgan fingerprint density at radius 3 is 2.60 bits per heavy atom. The van der Waals surface area contributed by atoms with Gasteiger partial charge in [-0.25, -0.2) is 0 Å². The normalized spacial score (nSPS) is 10.7. The monoisotopic (exact) mass is 274 g/mol. The van der Waals surface area contributed by atoms with Gasteiger partial charge in [-0.15, -0.1) is 0 Å². The number of ether oxygens (including phenoxy) is 1. The van der Waals surface area contributed by atoms with Gasteiger partial charge in [-0.05, 0) is 43.4 Å². The molecule has 0 spiro atoms. The first-order valence-corrected chi connectivity index (χ1v) is 6.97. The molecule has 0 N–H and O–H groups in total. The second-order valence-electron chi connectivity index (χ2n) is 4.78. The highest BCUT2D eigenvalue weighted by Crippen LogP contribution is 2.15. The Balaban J connectivity index is 2.43. The summed E-state index contributed by atoms with van der Waals surface area (Å²) in [6, 6.07) is 8.08. The van der Waals surface area contributed by atoms with Gasteiger partial charge in [0.25, 0.3) is 0 Å². The summed E-state index contributed by atoms with van der Waals surface area (Å²) in [5.74, 6) is -0.0901. The molecule has 0 unspecified atom stereocenters. The topological polar surface area (TPSA) is 43.4 Å². The van der Waals surface area contributed by atoms with Crippen LogP contribution in [0.15, 0.2) is 30.3 Å². The molecule has 3 nitrogen and oxygen atoms in total. The zero-order valence-corrected chi connectivity index (χ0v) is 12.2. The van der Waals surface area contributed by atoms with E-state index < -0.39 is 0 Å². The summed E-state index contributed by atoms with van der Waals surface area (Å²) in [5, 5.41) is 0. The zero-order chi connectivity index (χ0) is 14.8. The first-order valence-electron chi connectivity index (χ1n) is 6.97. The van der Waals surface area contributed by atoms with Crippen LogP contribution in [-0.4, -0.2) is 18.9 Å². The number of hydrogen-bond acceptors (Lipinski definition) is 3. The van der Waals surface area contributed by atoms with Crippen LogP contribution in [0.4, 0.5) is 0 Å². The summed E-state index contributed by atoms with van der Waals surface area (Å²) in [7, 11) is 1.42. The standard InChI is InChI=1S/C17H22O3/c1-14(18)12-13-16-10-7-6-9-15(16)8-4-3-5-11-17(19)20-2/h6-7,9-10,12-13H,3-5,8,11H2,1-2H3/b13-12+. The quantitative estimate of drug-likeness (QED) is 0.413. The molecule has 1 rings (SSSR count). The highest BCUT2D eigenvalue weighted by molar-refractivity contribution is 5.91. The predicted octanol–water partition coefficient (Wildman–Crippen LogP) is 3.56. The Bertz CT molecular complexity index is 475. The summed E-state index contributed by atoms with van der Waals surface area (Å²) in [6.07, 6.45) is 7.80. The van der Waals surface area contributed by atoms with Crippen LogP contribution in [-0.2, 0) is 20.7 Å². The number of carbonyl (C=O) groups is 2. The number of allylic oxidation sites excluding steroid dienone is 1. The largest absolute Gasteiger partial charge is 0.469 e. The zero-order valence-electron chi connectivity index (χ0n) is 12.2. The number of unbranched alkanes of at least 4 members (excludes halogenated alkanes) is 2. The lowest BCUT2D eigenvalue weighted by Crippen LogP contribution is -1.99. The molecule has 0 bridgehead atoms. The van der Waals surface area contributed by atoms with E-state index in [1.807, 2.05) is 24.3 Å². The molecule has 0 aromatic heterocycles. The molecular weight excluding hydrogens is 252 g/mol. The number of methoxy groups -OCH3 is 1. The summed E-state index contributed by atoms with van der Waals surface area (Å²) in [6.45, 7) is 1.55. The second kappa shape index (κ2) is 9.08. The summed E-state index contributed by atoms with van der Waals surface area (Å²) >= 11 is 0. The number of rotatable bonds is 8. The minimum absolute atomic E-state index is 0.0536. The Morgan fingerprint density at radius 1 is 1.15 bits per heavy atom. The van der Waals surface area contributed by atoms with E-state index in [-0.39, 0.29) is 11.8 Å². The smallest absolute Gasteiger partial charge is 0.305 e. The van der Waals surface area contributed by atoms with Gasteiger partial charge in [-0.1, -0.05) is 36.8 Å². The SMILES string of the molecule is COC(=O)CCCCCc1ccccc1/C=C/C(C)=O. The van der Waals surface area contributed by atoms with Crippen LogP contribution in [0.5, 0.6) is 0 Å². The Morgan fingerprint density at radius 2 is 1.90 bits per heavy atom. The molecule has 0 amide bonds. The second-order valence-corrected chi connectivity index (χ2v) is 4.78. The molecule has 0 aliphatic carbocycles. The average Bonchev–Trinajstić information content (AvgIpc) is 2.45. The van der Waals surface area contributed by atoms with E-state index in [4.69, 9.17) is 0 Å². The van der Waals surface area contributed by atoms with Crippen LogP contribution in [0.2, 0.25) is 0 Å². The lowest BCUT2D eigenvalue weighted by Gasteiger charge is -2.06. The molecule has 0 aliphatic rings. The van der Waals surface area contributed by atoms with E-state index in [2.05, 4.69) is 10.8 Å².